The molecule has 3 aromatic rings. The summed E-state index contributed by atoms with van der Waals surface area (Å²) in [5, 5.41) is 3.32. The second-order valence-electron chi connectivity index (χ2n) is 4.17. The number of pyridine rings is 1. The van der Waals surface area contributed by atoms with Crippen LogP contribution < -0.4 is 5.32 Å². The molecule has 0 amide bonds. The third-order valence-electron chi connectivity index (χ3n) is 2.85. The van der Waals surface area contributed by atoms with Crippen molar-refractivity contribution in [3.05, 3.63) is 72.8 Å². The van der Waals surface area contributed by atoms with Crippen molar-refractivity contribution in [2.45, 2.75) is 6.54 Å². The Kier molecular flexibility index (Phi) is 3.23. The van der Waals surface area contributed by atoms with E-state index >= 15 is 0 Å². The van der Waals surface area contributed by atoms with Gasteiger partial charge in [-0.1, -0.05) is 24.3 Å². The Morgan fingerprint density at radius 2 is 1.89 bits per heavy atom. The Bertz CT molecular complexity index is 632. The number of hydrogen-bond donors (Lipinski definition) is 1. The van der Waals surface area contributed by atoms with Gasteiger partial charge in [-0.3, -0.25) is 9.55 Å². The Morgan fingerprint density at radius 1 is 1.00 bits per heavy atom. The molecule has 0 unspecified atom stereocenters. The Balaban J connectivity index is 1.78. The molecule has 2 heterocycles. The summed E-state index contributed by atoms with van der Waals surface area (Å²) in [6.07, 6.45) is 7.36. The number of rotatable bonds is 4. The molecule has 0 aliphatic heterocycles. The minimum atomic E-state index is 0.706. The first-order valence-corrected chi connectivity index (χ1v) is 6.15. The third-order valence-corrected chi connectivity index (χ3v) is 2.85. The largest absolute Gasteiger partial charge is 0.351 e. The van der Waals surface area contributed by atoms with E-state index in [1.165, 1.54) is 0 Å². The third kappa shape index (κ3) is 2.63. The van der Waals surface area contributed by atoms with Crippen LogP contribution in [0, 0.1) is 0 Å². The van der Waals surface area contributed by atoms with Gasteiger partial charge in [0.05, 0.1) is 0 Å². The van der Waals surface area contributed by atoms with Gasteiger partial charge in [-0.25, -0.2) is 4.98 Å². The van der Waals surface area contributed by atoms with E-state index in [4.69, 9.17) is 0 Å². The summed E-state index contributed by atoms with van der Waals surface area (Å²) in [5.41, 5.74) is 2.22. The van der Waals surface area contributed by atoms with Crippen LogP contribution in [-0.2, 0) is 6.54 Å². The van der Waals surface area contributed by atoms with Crippen LogP contribution in [0.4, 0.5) is 5.95 Å². The van der Waals surface area contributed by atoms with E-state index < -0.39 is 0 Å². The minimum absolute atomic E-state index is 0.706. The van der Waals surface area contributed by atoms with Crippen LogP contribution in [0.15, 0.2) is 67.3 Å². The molecule has 19 heavy (non-hydrogen) atoms. The molecule has 94 valence electrons. The van der Waals surface area contributed by atoms with Crippen LogP contribution in [0.5, 0.6) is 0 Å². The molecule has 1 N–H and O–H groups in total. The van der Waals surface area contributed by atoms with Gasteiger partial charge in [0, 0.05) is 37.0 Å². The fourth-order valence-electron chi connectivity index (χ4n) is 1.91. The molecule has 2 aromatic heterocycles. The van der Waals surface area contributed by atoms with Crippen LogP contribution in [0.3, 0.4) is 0 Å². The molecular weight excluding hydrogens is 236 g/mol. The maximum Gasteiger partial charge on any atom is 0.207 e. The quantitative estimate of drug-likeness (QED) is 0.774. The van der Waals surface area contributed by atoms with E-state index in [9.17, 15) is 0 Å². The van der Waals surface area contributed by atoms with Gasteiger partial charge in [0.2, 0.25) is 5.95 Å². The SMILES string of the molecule is c1ccc(-n2ccnc2NCc2cccnc2)cc1. The van der Waals surface area contributed by atoms with Crippen molar-refractivity contribution in [3.63, 3.8) is 0 Å². The normalized spacial score (nSPS) is 10.3. The summed E-state index contributed by atoms with van der Waals surface area (Å²) in [6, 6.07) is 14.1. The van der Waals surface area contributed by atoms with Gasteiger partial charge < -0.3 is 5.32 Å². The van der Waals surface area contributed by atoms with Gasteiger partial charge in [0.1, 0.15) is 0 Å². The molecule has 4 heteroatoms. The maximum atomic E-state index is 4.34. The predicted octanol–water partition coefficient (Wildman–Crippen LogP) is 2.88. The molecular formula is C15H14N4. The summed E-state index contributed by atoms with van der Waals surface area (Å²) >= 11 is 0. The highest BCUT2D eigenvalue weighted by molar-refractivity contribution is 5.41. The molecule has 0 fully saturated rings. The van der Waals surface area contributed by atoms with Crippen LogP contribution >= 0.6 is 0 Å². The number of hydrogen-bond acceptors (Lipinski definition) is 3. The Hall–Kier alpha value is -2.62. The summed E-state index contributed by atoms with van der Waals surface area (Å²) in [5.74, 6) is 0.829. The molecule has 0 aliphatic rings. The van der Waals surface area contributed by atoms with E-state index in [1.807, 2.05) is 47.3 Å². The lowest BCUT2D eigenvalue weighted by Crippen LogP contribution is -2.06. The second kappa shape index (κ2) is 5.35. The number of aromatic nitrogens is 3. The number of nitrogens with zero attached hydrogens (tertiary/aromatic N) is 3. The highest BCUT2D eigenvalue weighted by Crippen LogP contribution is 2.14. The standard InChI is InChI=1S/C15H14N4/c1-2-6-14(7-3-1)19-10-9-17-15(19)18-12-13-5-4-8-16-11-13/h1-11H,12H2,(H,17,18). The number of para-hydroxylation sites is 1. The maximum absolute atomic E-state index is 4.34. The van der Waals surface area contributed by atoms with Crippen molar-refractivity contribution >= 4 is 5.95 Å². The van der Waals surface area contributed by atoms with Crippen molar-refractivity contribution in [1.29, 1.82) is 0 Å². The first kappa shape index (κ1) is 11.5. The number of nitrogens with one attached hydrogen (secondary N) is 1. The average Bonchev–Trinajstić information content (AvgIpc) is 2.95. The summed E-state index contributed by atoms with van der Waals surface area (Å²) < 4.78 is 2.02. The van der Waals surface area contributed by atoms with E-state index in [2.05, 4.69) is 27.4 Å². The Labute approximate surface area is 111 Å². The topological polar surface area (TPSA) is 42.7 Å². The fourth-order valence-corrected chi connectivity index (χ4v) is 1.91. The minimum Gasteiger partial charge on any atom is -0.351 e. The fraction of sp³-hybridized carbons (Fsp3) is 0.0667. The molecule has 1 aromatic carbocycles. The Morgan fingerprint density at radius 3 is 2.68 bits per heavy atom. The summed E-state index contributed by atoms with van der Waals surface area (Å²) in [6.45, 7) is 0.706. The van der Waals surface area contributed by atoms with Gasteiger partial charge >= 0.3 is 0 Å². The van der Waals surface area contributed by atoms with Crippen molar-refractivity contribution in [2.24, 2.45) is 0 Å². The average molecular weight is 250 g/mol. The molecule has 0 bridgehead atoms. The van der Waals surface area contributed by atoms with Gasteiger partial charge in [0.25, 0.3) is 0 Å². The monoisotopic (exact) mass is 250 g/mol. The van der Waals surface area contributed by atoms with Crippen LogP contribution in [0.1, 0.15) is 5.56 Å². The number of anilines is 1. The van der Waals surface area contributed by atoms with Crippen molar-refractivity contribution < 1.29 is 0 Å². The van der Waals surface area contributed by atoms with Crippen LogP contribution in [0.2, 0.25) is 0 Å². The zero-order chi connectivity index (χ0) is 12.9. The molecule has 0 radical (unpaired) electrons. The van der Waals surface area contributed by atoms with Gasteiger partial charge in [-0.05, 0) is 23.8 Å². The lowest BCUT2D eigenvalue weighted by molar-refractivity contribution is 0.998. The van der Waals surface area contributed by atoms with E-state index in [0.29, 0.717) is 6.54 Å². The van der Waals surface area contributed by atoms with E-state index in [-0.39, 0.29) is 0 Å². The van der Waals surface area contributed by atoms with Crippen molar-refractivity contribution in [2.75, 3.05) is 5.32 Å². The van der Waals surface area contributed by atoms with Crippen LogP contribution in [0.25, 0.3) is 5.69 Å². The van der Waals surface area contributed by atoms with Gasteiger partial charge in [0.15, 0.2) is 0 Å². The summed E-state index contributed by atoms with van der Waals surface area (Å²) in [7, 11) is 0. The molecule has 0 saturated heterocycles. The van der Waals surface area contributed by atoms with Crippen molar-refractivity contribution in [3.8, 4) is 5.69 Å². The molecule has 0 spiro atoms. The van der Waals surface area contributed by atoms with Crippen LogP contribution in [-0.4, -0.2) is 14.5 Å². The molecule has 3 rings (SSSR count). The highest BCUT2D eigenvalue weighted by atomic mass is 15.2. The number of imidazole rings is 1. The first-order chi connectivity index (χ1) is 9.43. The highest BCUT2D eigenvalue weighted by Gasteiger charge is 2.03. The number of benzene rings is 1. The predicted molar refractivity (Wildman–Crippen MR) is 75.1 cm³/mol. The zero-order valence-electron chi connectivity index (χ0n) is 10.4. The molecule has 4 nitrogen and oxygen atoms in total. The van der Waals surface area contributed by atoms with E-state index in [0.717, 1.165) is 17.2 Å². The van der Waals surface area contributed by atoms with Gasteiger partial charge in [-0.15, -0.1) is 0 Å². The van der Waals surface area contributed by atoms with Crippen molar-refractivity contribution in [1.82, 2.24) is 14.5 Å². The van der Waals surface area contributed by atoms with E-state index in [1.54, 1.807) is 12.4 Å². The first-order valence-electron chi connectivity index (χ1n) is 6.15. The lowest BCUT2D eigenvalue weighted by atomic mass is 10.3. The second-order valence-corrected chi connectivity index (χ2v) is 4.17. The smallest absolute Gasteiger partial charge is 0.207 e. The molecule has 0 atom stereocenters. The zero-order valence-corrected chi connectivity index (χ0v) is 10.4. The lowest BCUT2D eigenvalue weighted by Gasteiger charge is -2.09. The van der Waals surface area contributed by atoms with Gasteiger partial charge in [-0.2, -0.15) is 0 Å². The summed E-state index contributed by atoms with van der Waals surface area (Å²) in [4.78, 5) is 8.44. The molecule has 0 saturated carbocycles. The molecule has 0 aliphatic carbocycles.